The first-order valence-corrected chi connectivity index (χ1v) is 9.48. The Morgan fingerprint density at radius 3 is 2.64 bits per heavy atom. The van der Waals surface area contributed by atoms with Crippen LogP contribution in [0.2, 0.25) is 0 Å². The van der Waals surface area contributed by atoms with Gasteiger partial charge in [0.05, 0.1) is 6.61 Å². The molecule has 1 fully saturated rings. The van der Waals surface area contributed by atoms with Crippen LogP contribution in [0.25, 0.3) is 0 Å². The quantitative estimate of drug-likeness (QED) is 0.795. The lowest BCUT2D eigenvalue weighted by atomic mass is 10.1. The summed E-state index contributed by atoms with van der Waals surface area (Å²) in [6.07, 6.45) is 2.46. The number of hydrogen-bond acceptors (Lipinski definition) is 6. The summed E-state index contributed by atoms with van der Waals surface area (Å²) >= 11 is 0. The lowest BCUT2D eigenvalue weighted by molar-refractivity contribution is 0.0856. The van der Waals surface area contributed by atoms with Crippen LogP contribution in [0.5, 0.6) is 0 Å². The minimum Gasteiger partial charge on any atom is -0.450 e. The summed E-state index contributed by atoms with van der Waals surface area (Å²) in [5.74, 6) is 0.362. The molecule has 28 heavy (non-hydrogen) atoms. The van der Waals surface area contributed by atoms with Crippen molar-refractivity contribution in [2.45, 2.75) is 32.4 Å². The third-order valence-electron chi connectivity index (χ3n) is 4.57. The average molecular weight is 383 g/mol. The molecular formula is C20H25N5O3. The number of hydrogen-bond donors (Lipinski definition) is 2. The molecule has 8 heteroatoms. The molecule has 3 rings (SSSR count). The predicted molar refractivity (Wildman–Crippen MR) is 105 cm³/mol. The van der Waals surface area contributed by atoms with Crippen LogP contribution in [-0.2, 0) is 11.3 Å². The highest BCUT2D eigenvalue weighted by molar-refractivity contribution is 5.93. The summed E-state index contributed by atoms with van der Waals surface area (Å²) in [6.45, 7) is 3.90. The van der Waals surface area contributed by atoms with Gasteiger partial charge in [0.1, 0.15) is 17.8 Å². The molecule has 0 aliphatic carbocycles. The lowest BCUT2D eigenvalue weighted by Crippen LogP contribution is -2.46. The van der Waals surface area contributed by atoms with Gasteiger partial charge in [0, 0.05) is 31.7 Å². The van der Waals surface area contributed by atoms with Gasteiger partial charge in [-0.25, -0.2) is 14.8 Å². The Morgan fingerprint density at radius 2 is 1.93 bits per heavy atom. The van der Waals surface area contributed by atoms with Gasteiger partial charge in [0.25, 0.3) is 5.91 Å². The number of nitrogens with one attached hydrogen (secondary N) is 2. The van der Waals surface area contributed by atoms with Crippen molar-refractivity contribution in [1.82, 2.24) is 20.2 Å². The minimum atomic E-state index is -0.294. The number of carbonyl (C=O) groups is 2. The van der Waals surface area contributed by atoms with Crippen molar-refractivity contribution in [2.75, 3.05) is 25.0 Å². The number of amides is 2. The second kappa shape index (κ2) is 9.68. The highest BCUT2D eigenvalue weighted by Gasteiger charge is 2.25. The monoisotopic (exact) mass is 383 g/mol. The lowest BCUT2D eigenvalue weighted by Gasteiger charge is -2.31. The number of nitrogens with zero attached hydrogens (tertiary/aromatic N) is 3. The molecule has 0 atom stereocenters. The van der Waals surface area contributed by atoms with Gasteiger partial charge in [-0.05, 0) is 25.3 Å². The fourth-order valence-corrected chi connectivity index (χ4v) is 3.05. The zero-order valence-corrected chi connectivity index (χ0v) is 15.9. The van der Waals surface area contributed by atoms with Gasteiger partial charge in [-0.2, -0.15) is 0 Å². The maximum absolute atomic E-state index is 12.5. The average Bonchev–Trinajstić information content (AvgIpc) is 2.74. The minimum absolute atomic E-state index is 0.00821. The molecule has 0 unspecified atom stereocenters. The van der Waals surface area contributed by atoms with Crippen molar-refractivity contribution >= 4 is 17.8 Å². The van der Waals surface area contributed by atoms with Crippen molar-refractivity contribution in [3.8, 4) is 0 Å². The van der Waals surface area contributed by atoms with Crippen LogP contribution >= 0.6 is 0 Å². The summed E-state index contributed by atoms with van der Waals surface area (Å²) in [5, 5.41) is 6.19. The number of aromatic nitrogens is 2. The normalized spacial score (nSPS) is 14.4. The Bertz CT molecular complexity index is 791. The smallest absolute Gasteiger partial charge is 0.409 e. The molecule has 148 valence electrons. The van der Waals surface area contributed by atoms with Crippen molar-refractivity contribution in [2.24, 2.45) is 0 Å². The van der Waals surface area contributed by atoms with Crippen LogP contribution in [0.4, 0.5) is 10.6 Å². The molecular weight excluding hydrogens is 358 g/mol. The summed E-state index contributed by atoms with van der Waals surface area (Å²) in [6, 6.07) is 11.6. The highest BCUT2D eigenvalue weighted by Crippen LogP contribution is 2.13. The van der Waals surface area contributed by atoms with Crippen molar-refractivity contribution < 1.29 is 14.3 Å². The predicted octanol–water partition coefficient (Wildman–Crippen LogP) is 2.44. The molecule has 2 N–H and O–H groups in total. The van der Waals surface area contributed by atoms with Crippen LogP contribution < -0.4 is 10.6 Å². The number of anilines is 1. The van der Waals surface area contributed by atoms with E-state index in [-0.39, 0.29) is 18.0 Å². The second-order valence-corrected chi connectivity index (χ2v) is 6.56. The number of likely N-dealkylation sites (tertiary alicyclic amines) is 1. The molecule has 2 heterocycles. The van der Waals surface area contributed by atoms with E-state index in [1.807, 2.05) is 30.3 Å². The fraction of sp³-hybridized carbons (Fsp3) is 0.400. The number of ether oxygens (including phenoxy) is 1. The van der Waals surface area contributed by atoms with E-state index in [2.05, 4.69) is 20.6 Å². The van der Waals surface area contributed by atoms with Gasteiger partial charge < -0.3 is 20.3 Å². The summed E-state index contributed by atoms with van der Waals surface area (Å²) in [7, 11) is 0. The van der Waals surface area contributed by atoms with Crippen molar-refractivity contribution in [1.29, 1.82) is 0 Å². The first-order valence-electron chi connectivity index (χ1n) is 9.48. The maximum atomic E-state index is 12.5. The van der Waals surface area contributed by atoms with Gasteiger partial charge >= 0.3 is 6.09 Å². The van der Waals surface area contributed by atoms with E-state index in [1.165, 1.54) is 6.33 Å². The van der Waals surface area contributed by atoms with Crippen LogP contribution in [0.3, 0.4) is 0 Å². The van der Waals surface area contributed by atoms with Gasteiger partial charge in [0.2, 0.25) is 0 Å². The first kappa shape index (κ1) is 19.6. The highest BCUT2D eigenvalue weighted by atomic mass is 16.6. The number of rotatable bonds is 6. The van der Waals surface area contributed by atoms with Gasteiger partial charge in [-0.15, -0.1) is 0 Å². The molecule has 2 aromatic rings. The van der Waals surface area contributed by atoms with E-state index in [0.29, 0.717) is 50.6 Å². The molecule has 1 aromatic carbocycles. The molecule has 8 nitrogen and oxygen atoms in total. The molecule has 1 aliphatic rings. The molecule has 0 spiro atoms. The summed E-state index contributed by atoms with van der Waals surface area (Å²) in [4.78, 5) is 34.2. The van der Waals surface area contributed by atoms with Crippen LogP contribution in [0, 0.1) is 0 Å². The zero-order chi connectivity index (χ0) is 19.8. The van der Waals surface area contributed by atoms with E-state index in [0.717, 1.165) is 5.56 Å². The number of carbonyl (C=O) groups excluding carboxylic acids is 2. The maximum Gasteiger partial charge on any atom is 0.409 e. The van der Waals surface area contributed by atoms with Gasteiger partial charge in [-0.3, -0.25) is 4.79 Å². The van der Waals surface area contributed by atoms with E-state index in [4.69, 9.17) is 4.74 Å². The third kappa shape index (κ3) is 5.42. The molecule has 1 saturated heterocycles. The van der Waals surface area contributed by atoms with Gasteiger partial charge in [0.15, 0.2) is 0 Å². The Labute approximate surface area is 164 Å². The molecule has 0 bridgehead atoms. The number of piperidine rings is 1. The van der Waals surface area contributed by atoms with E-state index < -0.39 is 0 Å². The fourth-order valence-electron chi connectivity index (χ4n) is 3.05. The van der Waals surface area contributed by atoms with Crippen molar-refractivity contribution in [3.63, 3.8) is 0 Å². The molecule has 0 radical (unpaired) electrons. The standard InChI is InChI=1S/C20H25N5O3/c1-2-28-20(27)25-10-8-16(9-11-25)24-19(26)17-12-18(23-14-22-17)21-13-15-6-4-3-5-7-15/h3-7,12,14,16H,2,8-11,13H2,1H3,(H,24,26)(H,21,22,23). The summed E-state index contributed by atoms with van der Waals surface area (Å²) in [5.41, 5.74) is 1.44. The Kier molecular flexibility index (Phi) is 6.78. The Balaban J connectivity index is 1.50. The number of benzene rings is 1. The molecule has 2 amide bonds. The Morgan fingerprint density at radius 1 is 1.18 bits per heavy atom. The largest absolute Gasteiger partial charge is 0.450 e. The van der Waals surface area contributed by atoms with Crippen molar-refractivity contribution in [3.05, 3.63) is 54.0 Å². The van der Waals surface area contributed by atoms with Crippen LogP contribution in [0.1, 0.15) is 35.8 Å². The van der Waals surface area contributed by atoms with E-state index in [9.17, 15) is 9.59 Å². The summed E-state index contributed by atoms with van der Waals surface area (Å²) < 4.78 is 5.01. The van der Waals surface area contributed by atoms with Crippen LogP contribution in [-0.4, -0.2) is 52.6 Å². The first-order chi connectivity index (χ1) is 13.7. The van der Waals surface area contributed by atoms with E-state index in [1.54, 1.807) is 17.9 Å². The zero-order valence-electron chi connectivity index (χ0n) is 15.9. The second-order valence-electron chi connectivity index (χ2n) is 6.56. The SMILES string of the molecule is CCOC(=O)N1CCC(NC(=O)c2cc(NCc3ccccc3)ncn2)CC1. The van der Waals surface area contributed by atoms with Gasteiger partial charge in [-0.1, -0.05) is 30.3 Å². The molecule has 1 aliphatic heterocycles. The third-order valence-corrected chi connectivity index (χ3v) is 4.57. The topological polar surface area (TPSA) is 96.5 Å². The van der Waals surface area contributed by atoms with E-state index >= 15 is 0 Å². The Hall–Kier alpha value is -3.16. The molecule has 0 saturated carbocycles. The molecule has 1 aromatic heterocycles. The van der Waals surface area contributed by atoms with Crippen LogP contribution in [0.15, 0.2) is 42.7 Å².